The summed E-state index contributed by atoms with van der Waals surface area (Å²) in [6, 6.07) is 11.3. The number of carbonyl (C=O) groups is 4. The highest BCUT2D eigenvalue weighted by Crippen LogP contribution is 2.30. The summed E-state index contributed by atoms with van der Waals surface area (Å²) in [4.78, 5) is 65.3. The van der Waals surface area contributed by atoms with Gasteiger partial charge in [-0.2, -0.15) is 0 Å². The van der Waals surface area contributed by atoms with E-state index in [1.807, 2.05) is 0 Å². The molecule has 45 heavy (non-hydrogen) atoms. The van der Waals surface area contributed by atoms with Gasteiger partial charge in [0.2, 0.25) is 18.0 Å². The molecule has 0 aliphatic carbocycles. The normalized spacial score (nSPS) is 16.8. The van der Waals surface area contributed by atoms with Crippen molar-refractivity contribution in [3.63, 3.8) is 0 Å². The van der Waals surface area contributed by atoms with E-state index >= 15 is 0 Å². The lowest BCUT2D eigenvalue weighted by Crippen LogP contribution is -2.49. The Morgan fingerprint density at radius 3 is 2.58 bits per heavy atom. The molecule has 3 aromatic rings. The maximum atomic E-state index is 14.1. The Hall–Kier alpha value is -5.31. The van der Waals surface area contributed by atoms with E-state index in [1.165, 1.54) is 9.47 Å². The molecule has 15 heteroatoms. The van der Waals surface area contributed by atoms with Gasteiger partial charge >= 0.3 is 12.1 Å². The first-order valence-electron chi connectivity index (χ1n) is 13.7. The number of esters is 1. The fourth-order valence-electron chi connectivity index (χ4n) is 4.77. The van der Waals surface area contributed by atoms with Crippen molar-refractivity contribution >= 4 is 23.9 Å². The van der Waals surface area contributed by atoms with E-state index < -0.39 is 71.9 Å². The molecular weight excluding hydrogens is 600 g/mol. The van der Waals surface area contributed by atoms with Gasteiger partial charge in [-0.15, -0.1) is 0 Å². The van der Waals surface area contributed by atoms with Crippen molar-refractivity contribution in [1.82, 2.24) is 14.8 Å². The SMILES string of the molecule is CC1COC2Cn3cc(C(=O)NCc4ccc(F)cc4F)c(=O)c(OCOC(=O)OCC(=O)OCc4ccccc4)c3C(=O)N12. The van der Waals surface area contributed by atoms with Gasteiger partial charge in [-0.1, -0.05) is 36.4 Å². The monoisotopic (exact) mass is 627 g/mol. The van der Waals surface area contributed by atoms with Crippen LogP contribution in [-0.4, -0.2) is 65.7 Å². The van der Waals surface area contributed by atoms with Gasteiger partial charge in [0.15, 0.2) is 18.5 Å². The number of benzene rings is 2. The molecule has 1 N–H and O–H groups in total. The van der Waals surface area contributed by atoms with Crippen LogP contribution in [0.2, 0.25) is 0 Å². The minimum Gasteiger partial charge on any atom is -0.458 e. The van der Waals surface area contributed by atoms with Crippen LogP contribution in [0.1, 0.15) is 38.9 Å². The van der Waals surface area contributed by atoms with Crippen LogP contribution < -0.4 is 15.5 Å². The molecule has 2 unspecified atom stereocenters. The molecule has 2 aliphatic rings. The van der Waals surface area contributed by atoms with Gasteiger partial charge in [0, 0.05) is 24.4 Å². The molecule has 2 amide bonds. The largest absolute Gasteiger partial charge is 0.511 e. The number of hydrogen-bond donors (Lipinski definition) is 1. The third-order valence-corrected chi connectivity index (χ3v) is 6.97. The number of carbonyl (C=O) groups excluding carboxylic acids is 4. The maximum Gasteiger partial charge on any atom is 0.511 e. The van der Waals surface area contributed by atoms with E-state index in [-0.39, 0.29) is 43.6 Å². The van der Waals surface area contributed by atoms with Crippen LogP contribution in [0, 0.1) is 11.6 Å². The summed E-state index contributed by atoms with van der Waals surface area (Å²) in [5.41, 5.74) is -0.997. The average molecular weight is 628 g/mol. The van der Waals surface area contributed by atoms with Crippen LogP contribution in [0.4, 0.5) is 13.6 Å². The average Bonchev–Trinajstić information content (AvgIpc) is 3.40. The zero-order valence-electron chi connectivity index (χ0n) is 23.8. The molecule has 0 spiro atoms. The Morgan fingerprint density at radius 2 is 1.82 bits per heavy atom. The first kappa shape index (κ1) is 31.1. The Labute approximate surface area is 254 Å². The van der Waals surface area contributed by atoms with E-state index in [0.29, 0.717) is 6.07 Å². The number of amides is 2. The van der Waals surface area contributed by atoms with Gasteiger partial charge in [-0.05, 0) is 18.6 Å². The van der Waals surface area contributed by atoms with E-state index in [9.17, 15) is 32.8 Å². The lowest BCUT2D eigenvalue weighted by molar-refractivity contribution is -0.149. The predicted molar refractivity (Wildman–Crippen MR) is 148 cm³/mol. The lowest BCUT2D eigenvalue weighted by atomic mass is 10.1. The molecule has 2 aliphatic heterocycles. The smallest absolute Gasteiger partial charge is 0.458 e. The molecule has 3 heterocycles. The molecule has 13 nitrogen and oxygen atoms in total. The molecule has 0 saturated carbocycles. The number of rotatable bonds is 10. The zero-order chi connectivity index (χ0) is 32.1. The van der Waals surface area contributed by atoms with Crippen molar-refractivity contribution in [3.05, 3.63) is 99.0 Å². The highest BCUT2D eigenvalue weighted by Gasteiger charge is 2.43. The fraction of sp³-hybridized carbons (Fsp3) is 0.300. The van der Waals surface area contributed by atoms with Crippen molar-refractivity contribution in [1.29, 1.82) is 0 Å². The van der Waals surface area contributed by atoms with Gasteiger partial charge in [-0.25, -0.2) is 18.4 Å². The Kier molecular flexibility index (Phi) is 9.37. The summed E-state index contributed by atoms with van der Waals surface area (Å²) in [6.45, 7) is -0.0503. The lowest BCUT2D eigenvalue weighted by Gasteiger charge is -2.34. The second kappa shape index (κ2) is 13.5. The molecule has 1 aromatic heterocycles. The number of halogens is 2. The fourth-order valence-corrected chi connectivity index (χ4v) is 4.77. The Balaban J connectivity index is 1.27. The topological polar surface area (TPSA) is 152 Å². The van der Waals surface area contributed by atoms with Gasteiger partial charge in [0.1, 0.15) is 23.8 Å². The Morgan fingerprint density at radius 1 is 1.04 bits per heavy atom. The summed E-state index contributed by atoms with van der Waals surface area (Å²) in [7, 11) is 0. The van der Waals surface area contributed by atoms with Crippen molar-refractivity contribution in [3.8, 4) is 5.75 Å². The highest BCUT2D eigenvalue weighted by atomic mass is 19.1. The molecule has 1 saturated heterocycles. The summed E-state index contributed by atoms with van der Waals surface area (Å²) in [5.74, 6) is -4.68. The van der Waals surface area contributed by atoms with Crippen LogP contribution in [0.25, 0.3) is 0 Å². The number of ether oxygens (including phenoxy) is 5. The predicted octanol–water partition coefficient (Wildman–Crippen LogP) is 2.49. The molecule has 0 radical (unpaired) electrons. The molecule has 5 rings (SSSR count). The summed E-state index contributed by atoms with van der Waals surface area (Å²) in [6.07, 6.45) is -0.852. The standard InChI is InChI=1S/C30H27F2N3O10/c1-17-13-41-23-12-34-11-21(28(38)33-10-19-7-8-20(31)9-22(19)32)26(37)27(25(34)29(39)35(17)23)44-16-45-30(40)43-15-24(36)42-14-18-5-3-2-4-6-18/h2-9,11,17,23H,10,12-16H2,1H3,(H,33,38). The highest BCUT2D eigenvalue weighted by molar-refractivity contribution is 5.99. The van der Waals surface area contributed by atoms with Crippen LogP contribution >= 0.6 is 0 Å². The molecule has 1 fully saturated rings. The quantitative estimate of drug-likeness (QED) is 0.262. The van der Waals surface area contributed by atoms with Crippen molar-refractivity contribution in [2.45, 2.75) is 38.9 Å². The molecule has 2 aromatic carbocycles. The summed E-state index contributed by atoms with van der Waals surface area (Å²) in [5, 5.41) is 2.39. The summed E-state index contributed by atoms with van der Waals surface area (Å²) < 4.78 is 54.2. The van der Waals surface area contributed by atoms with E-state index in [4.69, 9.17) is 23.7 Å². The zero-order valence-corrected chi connectivity index (χ0v) is 23.8. The summed E-state index contributed by atoms with van der Waals surface area (Å²) >= 11 is 0. The first-order chi connectivity index (χ1) is 21.6. The number of nitrogens with one attached hydrogen (secondary N) is 1. The second-order valence-electron chi connectivity index (χ2n) is 10.1. The number of pyridine rings is 1. The van der Waals surface area contributed by atoms with Crippen molar-refractivity contribution in [2.24, 2.45) is 0 Å². The van der Waals surface area contributed by atoms with Crippen LogP contribution in [0.15, 0.2) is 59.5 Å². The minimum absolute atomic E-state index is 0.0330. The third-order valence-electron chi connectivity index (χ3n) is 6.97. The molecule has 2 atom stereocenters. The van der Waals surface area contributed by atoms with Crippen molar-refractivity contribution in [2.75, 3.05) is 20.0 Å². The van der Waals surface area contributed by atoms with E-state index in [1.54, 1.807) is 37.3 Å². The van der Waals surface area contributed by atoms with Crippen molar-refractivity contribution < 1.29 is 51.6 Å². The van der Waals surface area contributed by atoms with E-state index in [2.05, 4.69) is 5.32 Å². The first-order valence-corrected chi connectivity index (χ1v) is 13.7. The van der Waals surface area contributed by atoms with Crippen LogP contribution in [0.3, 0.4) is 0 Å². The molecule has 236 valence electrons. The number of aromatic nitrogens is 1. The second-order valence-corrected chi connectivity index (χ2v) is 10.1. The van der Waals surface area contributed by atoms with Gasteiger partial charge in [0.25, 0.3) is 11.8 Å². The number of fused-ring (bicyclic) bond motifs is 2. The molecular formula is C30H27F2N3O10. The minimum atomic E-state index is -1.33. The van der Waals surface area contributed by atoms with Gasteiger partial charge in [-0.3, -0.25) is 14.4 Å². The van der Waals surface area contributed by atoms with Crippen LogP contribution in [-0.2, 0) is 43.4 Å². The Bertz CT molecular complexity index is 1680. The third kappa shape index (κ3) is 7.09. The van der Waals surface area contributed by atoms with Gasteiger partial charge in [0.05, 0.1) is 19.2 Å². The van der Waals surface area contributed by atoms with Crippen LogP contribution in [0.5, 0.6) is 5.75 Å². The molecule has 0 bridgehead atoms. The van der Waals surface area contributed by atoms with E-state index in [0.717, 1.165) is 23.9 Å². The number of nitrogens with zero attached hydrogens (tertiary/aromatic N) is 2. The maximum absolute atomic E-state index is 14.1. The van der Waals surface area contributed by atoms with Gasteiger partial charge < -0.3 is 38.5 Å². The number of hydrogen-bond acceptors (Lipinski definition) is 10.